The molecule has 0 aliphatic carbocycles. The predicted molar refractivity (Wildman–Crippen MR) is 205 cm³/mol. The minimum Gasteiger partial charge on any atom is -0.299 e. The highest BCUT2D eigenvalue weighted by atomic mass is 15.0. The summed E-state index contributed by atoms with van der Waals surface area (Å²) in [6.45, 7) is 0. The average molecular weight is 655 g/mol. The standard InChI is InChI=1S/C45H30N6/c1-4-16-31(17-5-1)43-46-40(37-22-10-13-25-49(37)43)34-28-35(41-38-23-11-14-26-50(38)44(47-41)32-18-6-2-7-19-32)30-36(29-34)42-39-24-12-15-27-51(39)45(48-42)33-20-8-3-9-21-33/h1-30H. The van der Waals surface area contributed by atoms with Crippen LogP contribution < -0.4 is 0 Å². The van der Waals surface area contributed by atoms with E-state index < -0.39 is 0 Å². The molecule has 0 fully saturated rings. The van der Waals surface area contributed by atoms with Crippen LogP contribution in [0.2, 0.25) is 0 Å². The van der Waals surface area contributed by atoms with Gasteiger partial charge in [-0.05, 0) is 54.6 Å². The molecule has 0 atom stereocenters. The summed E-state index contributed by atoms with van der Waals surface area (Å²) < 4.78 is 6.53. The number of benzene rings is 4. The number of pyridine rings is 3. The highest BCUT2D eigenvalue weighted by molar-refractivity contribution is 5.92. The summed E-state index contributed by atoms with van der Waals surface area (Å²) in [5.74, 6) is 2.68. The van der Waals surface area contributed by atoms with Crippen molar-refractivity contribution in [1.29, 1.82) is 0 Å². The Hall–Kier alpha value is -7.05. The first kappa shape index (κ1) is 28.9. The van der Waals surface area contributed by atoms with Gasteiger partial charge >= 0.3 is 0 Å². The molecule has 6 heterocycles. The Balaban J connectivity index is 1.26. The van der Waals surface area contributed by atoms with E-state index in [1.54, 1.807) is 0 Å². The van der Waals surface area contributed by atoms with Crippen molar-refractivity contribution in [2.24, 2.45) is 0 Å². The van der Waals surface area contributed by atoms with Crippen molar-refractivity contribution in [3.05, 3.63) is 182 Å². The molecule has 0 bridgehead atoms. The molecular weight excluding hydrogens is 625 g/mol. The first-order valence-corrected chi connectivity index (χ1v) is 17.0. The maximum atomic E-state index is 5.34. The van der Waals surface area contributed by atoms with Crippen molar-refractivity contribution in [2.45, 2.75) is 0 Å². The van der Waals surface area contributed by atoms with E-state index >= 15 is 0 Å². The Bertz CT molecular complexity index is 2520. The molecule has 6 aromatic heterocycles. The summed E-state index contributed by atoms with van der Waals surface area (Å²) in [4.78, 5) is 16.0. The number of nitrogens with zero attached hydrogens (tertiary/aromatic N) is 6. The van der Waals surface area contributed by atoms with Gasteiger partial charge in [0.2, 0.25) is 0 Å². The molecule has 0 aliphatic rings. The zero-order chi connectivity index (χ0) is 33.7. The van der Waals surface area contributed by atoms with E-state index in [1.165, 1.54) is 0 Å². The Labute approximate surface area is 294 Å². The van der Waals surface area contributed by atoms with Crippen LogP contribution in [0.25, 0.3) is 84.5 Å². The molecule has 0 amide bonds. The van der Waals surface area contributed by atoms with Crippen molar-refractivity contribution < 1.29 is 0 Å². The highest BCUT2D eigenvalue weighted by Gasteiger charge is 2.21. The molecule has 4 aromatic carbocycles. The van der Waals surface area contributed by atoms with Gasteiger partial charge in [0.1, 0.15) is 17.5 Å². The Morgan fingerprint density at radius 3 is 0.843 bits per heavy atom. The zero-order valence-corrected chi connectivity index (χ0v) is 27.5. The van der Waals surface area contributed by atoms with E-state index in [1.807, 2.05) is 18.2 Å². The van der Waals surface area contributed by atoms with E-state index in [0.29, 0.717) is 0 Å². The molecule has 0 unspecified atom stereocenters. The van der Waals surface area contributed by atoms with Crippen molar-refractivity contribution in [3.63, 3.8) is 0 Å². The smallest absolute Gasteiger partial charge is 0.145 e. The number of rotatable bonds is 6. The van der Waals surface area contributed by atoms with Gasteiger partial charge in [-0.1, -0.05) is 109 Å². The van der Waals surface area contributed by atoms with Crippen LogP contribution in [0.15, 0.2) is 182 Å². The lowest BCUT2D eigenvalue weighted by Crippen LogP contribution is -1.89. The molecule has 0 spiro atoms. The van der Waals surface area contributed by atoms with Crippen molar-refractivity contribution in [1.82, 2.24) is 28.2 Å². The monoisotopic (exact) mass is 654 g/mol. The third-order valence-corrected chi connectivity index (χ3v) is 9.49. The molecule has 0 N–H and O–H groups in total. The van der Waals surface area contributed by atoms with Crippen LogP contribution in [-0.2, 0) is 0 Å². The van der Waals surface area contributed by atoms with Crippen LogP contribution in [0.1, 0.15) is 0 Å². The molecule has 10 rings (SSSR count). The molecular formula is C45H30N6. The van der Waals surface area contributed by atoms with Crippen LogP contribution in [0.4, 0.5) is 0 Å². The van der Waals surface area contributed by atoms with Crippen LogP contribution in [0.3, 0.4) is 0 Å². The van der Waals surface area contributed by atoms with Gasteiger partial charge in [0.05, 0.1) is 33.6 Å². The number of imidazole rings is 3. The first-order chi connectivity index (χ1) is 25.3. The summed E-state index contributed by atoms with van der Waals surface area (Å²) in [6.07, 6.45) is 6.26. The topological polar surface area (TPSA) is 51.9 Å². The summed E-state index contributed by atoms with van der Waals surface area (Å²) in [6, 6.07) is 56.6. The van der Waals surface area contributed by atoms with E-state index in [0.717, 1.165) is 84.5 Å². The van der Waals surface area contributed by atoms with Gasteiger partial charge in [-0.3, -0.25) is 13.2 Å². The van der Waals surface area contributed by atoms with Gasteiger partial charge in [0.25, 0.3) is 0 Å². The average Bonchev–Trinajstić information content (AvgIpc) is 3.91. The lowest BCUT2D eigenvalue weighted by molar-refractivity contribution is 1.16. The Morgan fingerprint density at radius 2 is 0.549 bits per heavy atom. The molecule has 51 heavy (non-hydrogen) atoms. The van der Waals surface area contributed by atoms with Crippen molar-refractivity contribution in [3.8, 4) is 67.9 Å². The lowest BCUT2D eigenvalue weighted by atomic mass is 9.98. The summed E-state index contributed by atoms with van der Waals surface area (Å²) in [5, 5.41) is 0. The molecule has 0 saturated carbocycles. The summed E-state index contributed by atoms with van der Waals surface area (Å²) in [7, 11) is 0. The summed E-state index contributed by atoms with van der Waals surface area (Å²) in [5.41, 5.74) is 11.9. The van der Waals surface area contributed by atoms with Gasteiger partial charge in [0.15, 0.2) is 0 Å². The molecule has 10 aromatic rings. The normalized spacial score (nSPS) is 11.5. The quantitative estimate of drug-likeness (QED) is 0.179. The second-order valence-corrected chi connectivity index (χ2v) is 12.6. The molecule has 0 saturated heterocycles. The Kier molecular flexibility index (Phi) is 6.70. The third-order valence-electron chi connectivity index (χ3n) is 9.49. The van der Waals surface area contributed by atoms with Crippen molar-refractivity contribution in [2.75, 3.05) is 0 Å². The molecule has 6 heteroatoms. The van der Waals surface area contributed by atoms with Gasteiger partial charge < -0.3 is 0 Å². The van der Waals surface area contributed by atoms with Crippen LogP contribution in [0.5, 0.6) is 0 Å². The largest absolute Gasteiger partial charge is 0.299 e. The highest BCUT2D eigenvalue weighted by Crippen LogP contribution is 2.39. The molecule has 0 radical (unpaired) electrons. The van der Waals surface area contributed by atoms with E-state index in [9.17, 15) is 0 Å². The summed E-state index contributed by atoms with van der Waals surface area (Å²) >= 11 is 0. The number of hydrogen-bond donors (Lipinski definition) is 0. The predicted octanol–water partition coefficient (Wildman–Crippen LogP) is 10.6. The van der Waals surface area contributed by atoms with Gasteiger partial charge in [0, 0.05) is 52.0 Å². The van der Waals surface area contributed by atoms with Crippen LogP contribution >= 0.6 is 0 Å². The SMILES string of the molecule is c1ccc(-c2nc(-c3cc(-c4nc(-c5ccccc5)n5ccccc45)cc(-c4nc(-c5ccccc5)n5ccccc45)c3)c3ccccn23)cc1. The fraction of sp³-hybridized carbons (Fsp3) is 0. The first-order valence-electron chi connectivity index (χ1n) is 17.0. The minimum atomic E-state index is 0.894. The van der Waals surface area contributed by atoms with Gasteiger partial charge in [-0.15, -0.1) is 0 Å². The van der Waals surface area contributed by atoms with Crippen molar-refractivity contribution >= 4 is 16.6 Å². The van der Waals surface area contributed by atoms with Crippen LogP contribution in [-0.4, -0.2) is 28.2 Å². The second-order valence-electron chi connectivity index (χ2n) is 12.6. The van der Waals surface area contributed by atoms with E-state index in [-0.39, 0.29) is 0 Å². The van der Waals surface area contributed by atoms with Crippen LogP contribution in [0, 0.1) is 0 Å². The number of fused-ring (bicyclic) bond motifs is 3. The minimum absolute atomic E-state index is 0.894. The van der Waals surface area contributed by atoms with Gasteiger partial charge in [-0.25, -0.2) is 15.0 Å². The lowest BCUT2D eigenvalue weighted by Gasteiger charge is -2.08. The Morgan fingerprint density at radius 1 is 0.275 bits per heavy atom. The second kappa shape index (κ2) is 11.8. The third kappa shape index (κ3) is 4.84. The van der Waals surface area contributed by atoms with E-state index in [2.05, 4.69) is 177 Å². The molecule has 6 nitrogen and oxygen atoms in total. The maximum absolute atomic E-state index is 5.34. The van der Waals surface area contributed by atoms with Gasteiger partial charge in [-0.2, -0.15) is 0 Å². The zero-order valence-electron chi connectivity index (χ0n) is 27.5. The van der Waals surface area contributed by atoms with E-state index in [4.69, 9.17) is 15.0 Å². The number of aromatic nitrogens is 6. The number of hydrogen-bond acceptors (Lipinski definition) is 3. The maximum Gasteiger partial charge on any atom is 0.145 e. The molecule has 240 valence electrons. The fourth-order valence-electron chi connectivity index (χ4n) is 7.16. The fourth-order valence-corrected chi connectivity index (χ4v) is 7.16. The molecule has 0 aliphatic heterocycles.